The minimum Gasteiger partial charge on any atom is -0.353 e. The van der Waals surface area contributed by atoms with E-state index in [0.29, 0.717) is 12.8 Å². The average Bonchev–Trinajstić information content (AvgIpc) is 2.67. The molecule has 2 atom stereocenters. The Bertz CT molecular complexity index is 492. The van der Waals surface area contributed by atoms with Gasteiger partial charge in [-0.15, -0.1) is 0 Å². The molecule has 0 saturated carbocycles. The minimum atomic E-state index is -0.503. The maximum Gasteiger partial charge on any atom is 0.330 e. The summed E-state index contributed by atoms with van der Waals surface area (Å²) in [5.41, 5.74) is -0.942. The molecular formula is C9H11N3O4. The van der Waals surface area contributed by atoms with Crippen LogP contribution in [0.2, 0.25) is 0 Å². The van der Waals surface area contributed by atoms with E-state index in [1.54, 1.807) is 0 Å². The number of rotatable bonds is 3. The highest BCUT2D eigenvalue weighted by atomic mass is 16.5. The smallest absolute Gasteiger partial charge is 0.330 e. The summed E-state index contributed by atoms with van der Waals surface area (Å²) in [6.45, 7) is 0.0919. The highest BCUT2D eigenvalue weighted by Crippen LogP contribution is 2.26. The largest absolute Gasteiger partial charge is 0.353 e. The van der Waals surface area contributed by atoms with Crippen LogP contribution in [-0.2, 0) is 4.74 Å². The highest BCUT2D eigenvalue weighted by Gasteiger charge is 2.27. The maximum atomic E-state index is 11.4. The van der Waals surface area contributed by atoms with Gasteiger partial charge >= 0.3 is 5.69 Å². The first-order valence-electron chi connectivity index (χ1n) is 4.97. The molecule has 2 rings (SSSR count). The van der Waals surface area contributed by atoms with Crippen LogP contribution in [0.4, 0.5) is 0 Å². The molecule has 1 aromatic rings. The molecular weight excluding hydrogens is 214 g/mol. The molecule has 0 aliphatic carbocycles. The molecule has 1 aliphatic rings. The van der Waals surface area contributed by atoms with Gasteiger partial charge in [0.25, 0.3) is 5.56 Å². The van der Waals surface area contributed by atoms with Crippen molar-refractivity contribution in [3.05, 3.63) is 38.0 Å². The first-order chi connectivity index (χ1) is 7.70. The molecule has 1 fully saturated rings. The molecule has 0 radical (unpaired) electrons. The lowest BCUT2D eigenvalue weighted by Gasteiger charge is -2.13. The van der Waals surface area contributed by atoms with Gasteiger partial charge in [-0.3, -0.25) is 14.3 Å². The first-order valence-corrected chi connectivity index (χ1v) is 4.97. The topological polar surface area (TPSA) is 93.5 Å². The minimum absolute atomic E-state index is 0.0919. The van der Waals surface area contributed by atoms with Crippen molar-refractivity contribution in [2.75, 3.05) is 6.54 Å². The fraction of sp³-hybridized carbons (Fsp3) is 0.556. The van der Waals surface area contributed by atoms with E-state index in [4.69, 9.17) is 4.74 Å². The predicted molar refractivity (Wildman–Crippen MR) is 55.1 cm³/mol. The molecule has 2 heterocycles. The van der Waals surface area contributed by atoms with Gasteiger partial charge in [0.1, 0.15) is 12.8 Å². The van der Waals surface area contributed by atoms with E-state index in [9.17, 15) is 14.5 Å². The Hall–Kier alpha value is -1.76. The van der Waals surface area contributed by atoms with Crippen molar-refractivity contribution in [1.82, 2.24) is 9.55 Å². The molecule has 0 bridgehead atoms. The van der Waals surface area contributed by atoms with Gasteiger partial charge in [-0.1, -0.05) is 5.18 Å². The predicted octanol–water partition coefficient (Wildman–Crippen LogP) is -0.0194. The number of hydrogen-bond acceptors (Lipinski definition) is 5. The maximum absolute atomic E-state index is 11.4. The van der Waals surface area contributed by atoms with Gasteiger partial charge in [-0.2, -0.15) is 4.91 Å². The van der Waals surface area contributed by atoms with Gasteiger partial charge < -0.3 is 4.74 Å². The van der Waals surface area contributed by atoms with Crippen molar-refractivity contribution >= 4 is 0 Å². The van der Waals surface area contributed by atoms with Gasteiger partial charge in [-0.05, 0) is 12.8 Å². The van der Waals surface area contributed by atoms with Gasteiger partial charge in [0, 0.05) is 12.3 Å². The van der Waals surface area contributed by atoms with Crippen molar-refractivity contribution in [1.29, 1.82) is 0 Å². The Labute approximate surface area is 90.0 Å². The van der Waals surface area contributed by atoms with Crippen LogP contribution in [0.3, 0.4) is 0 Å². The highest BCUT2D eigenvalue weighted by molar-refractivity contribution is 4.86. The van der Waals surface area contributed by atoms with Gasteiger partial charge in [-0.25, -0.2) is 4.79 Å². The molecule has 2 unspecified atom stereocenters. The van der Waals surface area contributed by atoms with Gasteiger partial charge in [0.05, 0.1) is 6.10 Å². The van der Waals surface area contributed by atoms with Crippen LogP contribution >= 0.6 is 0 Å². The van der Waals surface area contributed by atoms with Crippen LogP contribution in [0.1, 0.15) is 19.1 Å². The summed E-state index contributed by atoms with van der Waals surface area (Å²) in [5.74, 6) is 0. The van der Waals surface area contributed by atoms with Gasteiger partial charge in [0.2, 0.25) is 0 Å². The quantitative estimate of drug-likeness (QED) is 0.731. The Balaban J connectivity index is 2.17. The number of H-pyrrole nitrogens is 1. The third-order valence-electron chi connectivity index (χ3n) is 2.52. The SMILES string of the molecule is O=NCC1CCC(n2ccc(=O)[nH]c2=O)O1. The summed E-state index contributed by atoms with van der Waals surface area (Å²) in [4.78, 5) is 34.5. The van der Waals surface area contributed by atoms with Gasteiger partial charge in [0.15, 0.2) is 0 Å². The Kier molecular flexibility index (Phi) is 2.95. The zero-order valence-electron chi connectivity index (χ0n) is 8.46. The molecule has 0 aromatic carbocycles. The number of aromatic amines is 1. The van der Waals surface area contributed by atoms with E-state index < -0.39 is 17.5 Å². The van der Waals surface area contributed by atoms with Crippen molar-refractivity contribution in [3.8, 4) is 0 Å². The lowest BCUT2D eigenvalue weighted by Crippen LogP contribution is -2.31. The zero-order valence-corrected chi connectivity index (χ0v) is 8.46. The molecule has 0 amide bonds. The van der Waals surface area contributed by atoms with Crippen LogP contribution in [-0.4, -0.2) is 22.2 Å². The fourth-order valence-electron chi connectivity index (χ4n) is 1.76. The number of aromatic nitrogens is 2. The zero-order chi connectivity index (χ0) is 11.5. The molecule has 1 saturated heterocycles. The number of nitrogens with zero attached hydrogens (tertiary/aromatic N) is 2. The second-order valence-electron chi connectivity index (χ2n) is 3.62. The van der Waals surface area contributed by atoms with E-state index in [1.165, 1.54) is 16.8 Å². The van der Waals surface area contributed by atoms with Crippen molar-refractivity contribution in [3.63, 3.8) is 0 Å². The summed E-state index contributed by atoms with van der Waals surface area (Å²) < 4.78 is 6.77. The summed E-state index contributed by atoms with van der Waals surface area (Å²) in [6.07, 6.45) is 2.05. The molecule has 1 aliphatic heterocycles. The Morgan fingerprint density at radius 2 is 2.31 bits per heavy atom. The van der Waals surface area contributed by atoms with Crippen LogP contribution in [0.5, 0.6) is 0 Å². The van der Waals surface area contributed by atoms with Crippen molar-refractivity contribution < 1.29 is 4.74 Å². The molecule has 86 valence electrons. The second kappa shape index (κ2) is 4.40. The standard InChI is InChI=1S/C9H11N3O4/c13-7-3-4-12(9(14)11-7)8-2-1-6(16-8)5-10-15/h3-4,6,8H,1-2,5H2,(H,11,13,14). The lowest BCUT2D eigenvalue weighted by molar-refractivity contribution is 0.00369. The number of nitroso groups, excluding NO2 is 1. The molecule has 7 nitrogen and oxygen atoms in total. The average molecular weight is 225 g/mol. The summed E-state index contributed by atoms with van der Waals surface area (Å²) in [5, 5.41) is 2.76. The Morgan fingerprint density at radius 3 is 3.00 bits per heavy atom. The normalized spacial score (nSPS) is 24.5. The molecule has 1 N–H and O–H groups in total. The van der Waals surface area contributed by atoms with Crippen LogP contribution < -0.4 is 11.2 Å². The Morgan fingerprint density at radius 1 is 1.50 bits per heavy atom. The van der Waals surface area contributed by atoms with E-state index in [-0.39, 0.29) is 12.6 Å². The van der Waals surface area contributed by atoms with Crippen LogP contribution in [0, 0.1) is 4.91 Å². The van der Waals surface area contributed by atoms with Crippen molar-refractivity contribution in [2.45, 2.75) is 25.2 Å². The van der Waals surface area contributed by atoms with E-state index in [2.05, 4.69) is 10.2 Å². The molecule has 16 heavy (non-hydrogen) atoms. The third-order valence-corrected chi connectivity index (χ3v) is 2.52. The monoisotopic (exact) mass is 225 g/mol. The van der Waals surface area contributed by atoms with Crippen LogP contribution in [0.15, 0.2) is 27.0 Å². The van der Waals surface area contributed by atoms with Crippen LogP contribution in [0.25, 0.3) is 0 Å². The number of ether oxygens (including phenoxy) is 1. The molecule has 0 spiro atoms. The number of hydrogen-bond donors (Lipinski definition) is 1. The molecule has 7 heteroatoms. The fourth-order valence-corrected chi connectivity index (χ4v) is 1.76. The summed E-state index contributed by atoms with van der Waals surface area (Å²) >= 11 is 0. The number of nitrogens with one attached hydrogen (secondary N) is 1. The molecule has 1 aromatic heterocycles. The summed E-state index contributed by atoms with van der Waals surface area (Å²) in [7, 11) is 0. The summed E-state index contributed by atoms with van der Waals surface area (Å²) in [6, 6.07) is 1.26. The first kappa shape index (κ1) is 10.7. The van der Waals surface area contributed by atoms with E-state index >= 15 is 0 Å². The van der Waals surface area contributed by atoms with Crippen molar-refractivity contribution in [2.24, 2.45) is 5.18 Å². The second-order valence-corrected chi connectivity index (χ2v) is 3.62. The third kappa shape index (κ3) is 2.08. The van der Waals surface area contributed by atoms with E-state index in [0.717, 1.165) is 0 Å². The lowest BCUT2D eigenvalue weighted by atomic mass is 10.2. The van der Waals surface area contributed by atoms with E-state index in [1.807, 2.05) is 0 Å².